The number of hydrogen-bond donors (Lipinski definition) is 1. The summed E-state index contributed by atoms with van der Waals surface area (Å²) in [7, 11) is 1.88. The van der Waals surface area contributed by atoms with E-state index in [1.807, 2.05) is 16.8 Å². The molecule has 0 bridgehead atoms. The summed E-state index contributed by atoms with van der Waals surface area (Å²) in [6, 6.07) is -0.403. The predicted molar refractivity (Wildman–Crippen MR) is 89.3 cm³/mol. The van der Waals surface area contributed by atoms with Crippen molar-refractivity contribution < 1.29 is 9.59 Å². The number of piperidine rings is 1. The van der Waals surface area contributed by atoms with Crippen LogP contribution < -0.4 is 5.73 Å². The standard InChI is InChI=1S/C17H33N3O2/c1-5-6-9-19(4)16(21)14-7-10-20(11-8-14)17(22)15(18)12-13(2)3/h13-15H,5-12,18H2,1-4H3/t15-/m0/s1. The fraction of sp³-hybridized carbons (Fsp3) is 0.882. The van der Waals surface area contributed by atoms with Gasteiger partial charge in [0.1, 0.15) is 0 Å². The zero-order valence-corrected chi connectivity index (χ0v) is 14.7. The smallest absolute Gasteiger partial charge is 0.239 e. The first kappa shape index (κ1) is 18.9. The fourth-order valence-electron chi connectivity index (χ4n) is 3.01. The van der Waals surface area contributed by atoms with Crippen molar-refractivity contribution in [2.75, 3.05) is 26.7 Å². The minimum absolute atomic E-state index is 0.0407. The Hall–Kier alpha value is -1.10. The third kappa shape index (κ3) is 5.59. The highest BCUT2D eigenvalue weighted by Crippen LogP contribution is 2.20. The van der Waals surface area contributed by atoms with Gasteiger partial charge in [-0.15, -0.1) is 0 Å². The molecule has 0 spiro atoms. The second-order valence-corrected chi connectivity index (χ2v) is 6.95. The summed E-state index contributed by atoms with van der Waals surface area (Å²) >= 11 is 0. The summed E-state index contributed by atoms with van der Waals surface area (Å²) in [5.74, 6) is 0.753. The molecule has 0 aromatic heterocycles. The van der Waals surface area contributed by atoms with Gasteiger partial charge in [-0.3, -0.25) is 9.59 Å². The summed E-state index contributed by atoms with van der Waals surface area (Å²) in [5, 5.41) is 0. The van der Waals surface area contributed by atoms with Crippen molar-refractivity contribution >= 4 is 11.8 Å². The highest BCUT2D eigenvalue weighted by atomic mass is 16.2. The van der Waals surface area contributed by atoms with Gasteiger partial charge in [-0.2, -0.15) is 0 Å². The first-order valence-corrected chi connectivity index (χ1v) is 8.66. The van der Waals surface area contributed by atoms with Crippen molar-refractivity contribution in [3.63, 3.8) is 0 Å². The quantitative estimate of drug-likeness (QED) is 0.780. The maximum atomic E-state index is 12.4. The van der Waals surface area contributed by atoms with Crippen LogP contribution in [0.25, 0.3) is 0 Å². The molecule has 1 saturated heterocycles. The molecule has 1 heterocycles. The Morgan fingerprint density at radius 3 is 2.36 bits per heavy atom. The van der Waals surface area contributed by atoms with E-state index < -0.39 is 6.04 Å². The van der Waals surface area contributed by atoms with E-state index in [1.54, 1.807) is 0 Å². The number of nitrogens with zero attached hydrogens (tertiary/aromatic N) is 2. The third-order valence-corrected chi connectivity index (χ3v) is 4.42. The molecule has 1 fully saturated rings. The minimum Gasteiger partial charge on any atom is -0.346 e. The number of hydrogen-bond acceptors (Lipinski definition) is 3. The van der Waals surface area contributed by atoms with Crippen molar-refractivity contribution in [3.8, 4) is 0 Å². The Labute approximate surface area is 135 Å². The lowest BCUT2D eigenvalue weighted by molar-refractivity contribution is -0.140. The maximum Gasteiger partial charge on any atom is 0.239 e. The Bertz CT molecular complexity index is 363. The van der Waals surface area contributed by atoms with Crippen LogP contribution in [-0.2, 0) is 9.59 Å². The van der Waals surface area contributed by atoms with Gasteiger partial charge in [-0.25, -0.2) is 0 Å². The van der Waals surface area contributed by atoms with E-state index >= 15 is 0 Å². The van der Waals surface area contributed by atoms with Crippen LogP contribution in [0.4, 0.5) is 0 Å². The van der Waals surface area contributed by atoms with Crippen LogP contribution in [0.3, 0.4) is 0 Å². The zero-order chi connectivity index (χ0) is 16.7. The van der Waals surface area contributed by atoms with E-state index in [-0.39, 0.29) is 17.7 Å². The second kappa shape index (κ2) is 9.13. The molecule has 5 heteroatoms. The Morgan fingerprint density at radius 2 is 1.86 bits per heavy atom. The first-order chi connectivity index (χ1) is 10.4. The topological polar surface area (TPSA) is 66.6 Å². The fourth-order valence-corrected chi connectivity index (χ4v) is 3.01. The SMILES string of the molecule is CCCCN(C)C(=O)C1CCN(C(=O)[C@@H](N)CC(C)C)CC1. The summed E-state index contributed by atoms with van der Waals surface area (Å²) in [6.07, 6.45) is 4.38. The van der Waals surface area contributed by atoms with Crippen molar-refractivity contribution in [3.05, 3.63) is 0 Å². The number of nitrogens with two attached hydrogens (primary N) is 1. The minimum atomic E-state index is -0.403. The lowest BCUT2D eigenvalue weighted by Crippen LogP contribution is -2.49. The summed E-state index contributed by atoms with van der Waals surface area (Å²) in [4.78, 5) is 28.3. The molecule has 0 radical (unpaired) electrons. The molecule has 5 nitrogen and oxygen atoms in total. The van der Waals surface area contributed by atoms with Gasteiger partial charge in [0, 0.05) is 32.6 Å². The van der Waals surface area contributed by atoms with Crippen molar-refractivity contribution in [1.29, 1.82) is 0 Å². The van der Waals surface area contributed by atoms with Gasteiger partial charge in [-0.05, 0) is 31.6 Å². The number of carbonyl (C=O) groups excluding carboxylic acids is 2. The highest BCUT2D eigenvalue weighted by molar-refractivity contribution is 5.82. The highest BCUT2D eigenvalue weighted by Gasteiger charge is 2.30. The van der Waals surface area contributed by atoms with Crippen molar-refractivity contribution in [1.82, 2.24) is 9.80 Å². The monoisotopic (exact) mass is 311 g/mol. The van der Waals surface area contributed by atoms with Crippen LogP contribution in [0.5, 0.6) is 0 Å². The summed E-state index contributed by atoms with van der Waals surface area (Å²) in [6.45, 7) is 8.41. The van der Waals surface area contributed by atoms with Gasteiger partial charge < -0.3 is 15.5 Å². The van der Waals surface area contributed by atoms with E-state index in [4.69, 9.17) is 5.73 Å². The molecule has 22 heavy (non-hydrogen) atoms. The van der Waals surface area contributed by atoms with E-state index in [9.17, 15) is 9.59 Å². The molecule has 1 rings (SSSR count). The molecule has 0 aromatic rings. The Kier molecular flexibility index (Phi) is 7.87. The molecule has 0 aliphatic carbocycles. The molecular formula is C17H33N3O2. The van der Waals surface area contributed by atoms with Gasteiger partial charge in [0.25, 0.3) is 0 Å². The molecule has 128 valence electrons. The van der Waals surface area contributed by atoms with Crippen LogP contribution in [0.1, 0.15) is 52.9 Å². The second-order valence-electron chi connectivity index (χ2n) is 6.95. The Morgan fingerprint density at radius 1 is 1.27 bits per heavy atom. The van der Waals surface area contributed by atoms with Gasteiger partial charge in [0.2, 0.25) is 11.8 Å². The molecule has 0 aromatic carbocycles. The molecular weight excluding hydrogens is 278 g/mol. The predicted octanol–water partition coefficient (Wildman–Crippen LogP) is 1.86. The third-order valence-electron chi connectivity index (χ3n) is 4.42. The zero-order valence-electron chi connectivity index (χ0n) is 14.7. The largest absolute Gasteiger partial charge is 0.346 e. The van der Waals surface area contributed by atoms with Gasteiger partial charge in [0.15, 0.2) is 0 Å². The lowest BCUT2D eigenvalue weighted by atomic mass is 9.94. The molecule has 0 unspecified atom stereocenters. The normalized spacial score (nSPS) is 17.6. The average molecular weight is 311 g/mol. The van der Waals surface area contributed by atoms with E-state index in [0.717, 1.165) is 38.6 Å². The van der Waals surface area contributed by atoms with Crippen LogP contribution >= 0.6 is 0 Å². The molecule has 2 N–H and O–H groups in total. The van der Waals surface area contributed by atoms with Crippen LogP contribution in [0.2, 0.25) is 0 Å². The van der Waals surface area contributed by atoms with Crippen LogP contribution in [-0.4, -0.2) is 54.3 Å². The summed E-state index contributed by atoms with van der Waals surface area (Å²) < 4.78 is 0. The van der Waals surface area contributed by atoms with Crippen molar-refractivity contribution in [2.45, 2.75) is 58.9 Å². The summed E-state index contributed by atoms with van der Waals surface area (Å²) in [5.41, 5.74) is 5.98. The Balaban J connectivity index is 2.42. The van der Waals surface area contributed by atoms with Gasteiger partial charge >= 0.3 is 0 Å². The van der Waals surface area contributed by atoms with Crippen LogP contribution in [0.15, 0.2) is 0 Å². The van der Waals surface area contributed by atoms with Gasteiger partial charge in [-0.1, -0.05) is 27.2 Å². The number of likely N-dealkylation sites (tertiary alicyclic amines) is 1. The number of amides is 2. The van der Waals surface area contributed by atoms with Gasteiger partial charge in [0.05, 0.1) is 6.04 Å². The molecule has 1 aliphatic heterocycles. The van der Waals surface area contributed by atoms with E-state index in [2.05, 4.69) is 20.8 Å². The average Bonchev–Trinajstić information content (AvgIpc) is 2.50. The van der Waals surface area contributed by atoms with Crippen LogP contribution in [0, 0.1) is 11.8 Å². The number of unbranched alkanes of at least 4 members (excludes halogenated alkanes) is 1. The molecule has 1 aliphatic rings. The van der Waals surface area contributed by atoms with Crippen molar-refractivity contribution in [2.24, 2.45) is 17.6 Å². The number of carbonyl (C=O) groups is 2. The maximum absolute atomic E-state index is 12.4. The molecule has 2 amide bonds. The molecule has 1 atom stereocenters. The van der Waals surface area contributed by atoms with E-state index in [1.165, 1.54) is 0 Å². The lowest BCUT2D eigenvalue weighted by Gasteiger charge is -2.34. The van der Waals surface area contributed by atoms with E-state index in [0.29, 0.717) is 19.0 Å². The number of rotatable bonds is 7. The molecule has 0 saturated carbocycles. The first-order valence-electron chi connectivity index (χ1n) is 8.66.